The van der Waals surface area contributed by atoms with Crippen LogP contribution in [0.25, 0.3) is 0 Å². The Morgan fingerprint density at radius 2 is 2.21 bits per heavy atom. The van der Waals surface area contributed by atoms with E-state index in [1.807, 2.05) is 6.92 Å². The van der Waals surface area contributed by atoms with Gasteiger partial charge in [0.25, 0.3) is 0 Å². The van der Waals surface area contributed by atoms with Crippen molar-refractivity contribution in [2.75, 3.05) is 6.54 Å². The van der Waals surface area contributed by atoms with Crippen LogP contribution >= 0.6 is 11.3 Å². The van der Waals surface area contributed by atoms with Crippen LogP contribution in [-0.4, -0.2) is 39.0 Å². The highest BCUT2D eigenvalue weighted by atomic mass is 32.1. The molecule has 0 spiro atoms. The van der Waals surface area contributed by atoms with Gasteiger partial charge in [-0.3, -0.25) is 14.2 Å². The van der Waals surface area contributed by atoms with Gasteiger partial charge < -0.3 is 10.0 Å². The van der Waals surface area contributed by atoms with Crippen LogP contribution in [-0.2, 0) is 16.1 Å². The van der Waals surface area contributed by atoms with Crippen LogP contribution < -0.4 is 4.87 Å². The summed E-state index contributed by atoms with van der Waals surface area (Å²) in [5.74, 6) is -1.34. The number of hydrogen-bond donors (Lipinski definition) is 1. The number of amides is 1. The molecule has 1 aromatic heterocycles. The molecule has 1 amide bonds. The van der Waals surface area contributed by atoms with Crippen LogP contribution in [0.15, 0.2) is 10.2 Å². The minimum atomic E-state index is -0.979. The van der Waals surface area contributed by atoms with E-state index in [2.05, 4.69) is 0 Å². The molecule has 1 fully saturated rings. The van der Waals surface area contributed by atoms with Gasteiger partial charge in [-0.2, -0.15) is 0 Å². The van der Waals surface area contributed by atoms with E-state index in [9.17, 15) is 19.5 Å². The predicted octanol–water partition coefficient (Wildman–Crippen LogP) is 0.540. The van der Waals surface area contributed by atoms with Crippen molar-refractivity contribution >= 4 is 23.2 Å². The van der Waals surface area contributed by atoms with Crippen LogP contribution in [0, 0.1) is 12.8 Å². The fourth-order valence-corrected chi connectivity index (χ4v) is 3.16. The van der Waals surface area contributed by atoms with Crippen molar-refractivity contribution < 1.29 is 14.7 Å². The summed E-state index contributed by atoms with van der Waals surface area (Å²) in [6.07, 6.45) is 0.681. The van der Waals surface area contributed by atoms with Crippen molar-refractivity contribution in [3.05, 3.63) is 20.7 Å². The van der Waals surface area contributed by atoms with Crippen LogP contribution in [0.4, 0.5) is 0 Å². The molecular weight excluding hydrogens is 268 g/mol. The standard InChI is InChI=1S/C12H16N2O4S/c1-7-3-4-13(10(7)11(16)17)9(15)5-14-8(2)6-19-12(14)18/h6-7,10H,3-5H2,1-2H3,(H,16,17). The van der Waals surface area contributed by atoms with Gasteiger partial charge in [0.1, 0.15) is 12.6 Å². The van der Waals surface area contributed by atoms with Gasteiger partial charge in [-0.15, -0.1) is 0 Å². The van der Waals surface area contributed by atoms with Gasteiger partial charge in [-0.25, -0.2) is 4.79 Å². The summed E-state index contributed by atoms with van der Waals surface area (Å²) in [5.41, 5.74) is 0.725. The molecule has 0 bridgehead atoms. The molecule has 19 heavy (non-hydrogen) atoms. The Bertz CT molecular complexity index is 562. The molecule has 1 aromatic rings. The minimum Gasteiger partial charge on any atom is -0.480 e. The zero-order valence-corrected chi connectivity index (χ0v) is 11.6. The van der Waals surface area contributed by atoms with Gasteiger partial charge in [0.2, 0.25) is 5.91 Å². The van der Waals surface area contributed by atoms with Crippen LogP contribution in [0.2, 0.25) is 0 Å². The number of thiazole rings is 1. The molecule has 2 heterocycles. The molecule has 1 saturated heterocycles. The van der Waals surface area contributed by atoms with Gasteiger partial charge in [0.15, 0.2) is 0 Å². The maximum absolute atomic E-state index is 12.2. The monoisotopic (exact) mass is 284 g/mol. The molecule has 1 aliphatic heterocycles. The van der Waals surface area contributed by atoms with Crippen molar-refractivity contribution in [1.82, 2.24) is 9.47 Å². The van der Waals surface area contributed by atoms with Gasteiger partial charge in [-0.05, 0) is 19.3 Å². The highest BCUT2D eigenvalue weighted by Gasteiger charge is 2.39. The number of carboxylic acids is 1. The maximum atomic E-state index is 12.2. The number of carbonyl (C=O) groups excluding carboxylic acids is 1. The Morgan fingerprint density at radius 1 is 1.53 bits per heavy atom. The average Bonchev–Trinajstić information content (AvgIpc) is 2.86. The van der Waals surface area contributed by atoms with E-state index in [0.29, 0.717) is 13.0 Å². The highest BCUT2D eigenvalue weighted by molar-refractivity contribution is 7.07. The SMILES string of the molecule is Cc1csc(=O)n1CC(=O)N1CCC(C)C1C(=O)O. The quantitative estimate of drug-likeness (QED) is 0.878. The Kier molecular flexibility index (Phi) is 3.75. The minimum absolute atomic E-state index is 0.0539. The lowest BCUT2D eigenvalue weighted by molar-refractivity contribution is -0.149. The van der Waals surface area contributed by atoms with E-state index in [1.54, 1.807) is 12.3 Å². The molecule has 7 heteroatoms. The number of rotatable bonds is 3. The van der Waals surface area contributed by atoms with E-state index >= 15 is 0 Å². The molecule has 1 N–H and O–H groups in total. The third-order valence-corrected chi connectivity index (χ3v) is 4.42. The Morgan fingerprint density at radius 3 is 2.74 bits per heavy atom. The number of likely N-dealkylation sites (tertiary alicyclic amines) is 1. The summed E-state index contributed by atoms with van der Waals surface area (Å²) < 4.78 is 1.38. The first-order valence-electron chi connectivity index (χ1n) is 6.09. The number of aromatic nitrogens is 1. The van der Waals surface area contributed by atoms with Crippen LogP contribution in [0.1, 0.15) is 19.0 Å². The van der Waals surface area contributed by atoms with Crippen molar-refractivity contribution in [3.63, 3.8) is 0 Å². The summed E-state index contributed by atoms with van der Waals surface area (Å²) in [6.45, 7) is 3.94. The van der Waals surface area contributed by atoms with Crippen LogP contribution in [0.3, 0.4) is 0 Å². The number of carbonyl (C=O) groups is 2. The highest BCUT2D eigenvalue weighted by Crippen LogP contribution is 2.24. The topological polar surface area (TPSA) is 79.6 Å². The lowest BCUT2D eigenvalue weighted by Crippen LogP contribution is -2.44. The molecule has 0 aromatic carbocycles. The molecule has 2 atom stereocenters. The first-order valence-corrected chi connectivity index (χ1v) is 6.97. The Labute approximate surface area is 114 Å². The number of aliphatic carboxylic acids is 1. The maximum Gasteiger partial charge on any atom is 0.326 e. The predicted molar refractivity (Wildman–Crippen MR) is 70.2 cm³/mol. The zero-order chi connectivity index (χ0) is 14.2. The van der Waals surface area contributed by atoms with Crippen molar-refractivity contribution in [1.29, 1.82) is 0 Å². The Balaban J connectivity index is 2.17. The Hall–Kier alpha value is -1.63. The van der Waals surface area contributed by atoms with Gasteiger partial charge in [-0.1, -0.05) is 18.3 Å². The zero-order valence-electron chi connectivity index (χ0n) is 10.8. The number of carboxylic acid groups (broad SMARTS) is 1. The third-order valence-electron chi connectivity index (χ3n) is 3.54. The first kappa shape index (κ1) is 13.8. The van der Waals surface area contributed by atoms with Gasteiger partial charge >= 0.3 is 10.8 Å². The largest absolute Gasteiger partial charge is 0.480 e. The lowest BCUT2D eigenvalue weighted by atomic mass is 10.0. The summed E-state index contributed by atoms with van der Waals surface area (Å²) >= 11 is 1.04. The molecule has 2 rings (SSSR count). The smallest absolute Gasteiger partial charge is 0.326 e. The van der Waals surface area contributed by atoms with Crippen molar-refractivity contribution in [2.24, 2.45) is 5.92 Å². The summed E-state index contributed by atoms with van der Waals surface area (Å²) in [6, 6.07) is -0.776. The third kappa shape index (κ3) is 2.56. The van der Waals surface area contributed by atoms with Gasteiger partial charge in [0, 0.05) is 17.6 Å². The van der Waals surface area contributed by atoms with Crippen molar-refractivity contribution in [3.8, 4) is 0 Å². The molecule has 6 nitrogen and oxygen atoms in total. The number of aryl methyl sites for hydroxylation is 1. The van der Waals surface area contributed by atoms with E-state index in [4.69, 9.17) is 0 Å². The second-order valence-electron chi connectivity index (χ2n) is 4.87. The van der Waals surface area contributed by atoms with Gasteiger partial charge in [0.05, 0.1) is 0 Å². The second-order valence-corrected chi connectivity index (χ2v) is 5.69. The molecular formula is C12H16N2O4S. The van der Waals surface area contributed by atoms with E-state index in [0.717, 1.165) is 17.0 Å². The molecule has 2 unspecified atom stereocenters. The van der Waals surface area contributed by atoms with Crippen molar-refractivity contribution in [2.45, 2.75) is 32.9 Å². The molecule has 0 aliphatic carbocycles. The van der Waals surface area contributed by atoms with E-state index < -0.39 is 12.0 Å². The second kappa shape index (κ2) is 5.16. The number of hydrogen-bond acceptors (Lipinski definition) is 4. The average molecular weight is 284 g/mol. The van der Waals surface area contributed by atoms with Crippen LogP contribution in [0.5, 0.6) is 0 Å². The molecule has 0 saturated carbocycles. The summed E-state index contributed by atoms with van der Waals surface area (Å²) in [5, 5.41) is 10.9. The molecule has 1 aliphatic rings. The molecule has 0 radical (unpaired) electrons. The number of nitrogens with zero attached hydrogens (tertiary/aromatic N) is 2. The summed E-state index contributed by atoms with van der Waals surface area (Å²) in [4.78, 5) is 36.1. The summed E-state index contributed by atoms with van der Waals surface area (Å²) in [7, 11) is 0. The molecule has 104 valence electrons. The van der Waals surface area contributed by atoms with E-state index in [-0.39, 0.29) is 23.2 Å². The lowest BCUT2D eigenvalue weighted by Gasteiger charge is -2.23. The van der Waals surface area contributed by atoms with E-state index in [1.165, 1.54) is 9.47 Å². The first-order chi connectivity index (χ1) is 8.91. The normalized spacial score (nSPS) is 22.7. The fraction of sp³-hybridized carbons (Fsp3) is 0.583. The fourth-order valence-electron chi connectivity index (χ4n) is 2.43.